The molecular formula is C16H20N2O3. The van der Waals surface area contributed by atoms with Gasteiger partial charge in [0.2, 0.25) is 11.8 Å². The number of anilines is 2. The second-order valence-electron chi connectivity index (χ2n) is 5.11. The van der Waals surface area contributed by atoms with Crippen molar-refractivity contribution in [1.82, 2.24) is 0 Å². The van der Waals surface area contributed by atoms with E-state index in [-0.39, 0.29) is 11.8 Å². The summed E-state index contributed by atoms with van der Waals surface area (Å²) < 4.78 is 5.22. The Morgan fingerprint density at radius 1 is 1.33 bits per heavy atom. The average Bonchev–Trinajstić information content (AvgIpc) is 2.92. The molecule has 0 bridgehead atoms. The first-order valence-corrected chi connectivity index (χ1v) is 7.00. The van der Waals surface area contributed by atoms with Gasteiger partial charge in [-0.2, -0.15) is 0 Å². The topological polar surface area (TPSA) is 67.4 Å². The Hall–Kier alpha value is -2.30. The van der Waals surface area contributed by atoms with Crippen LogP contribution in [0.4, 0.5) is 11.4 Å². The minimum absolute atomic E-state index is 0.0131. The maximum atomic E-state index is 12.0. The van der Waals surface area contributed by atoms with Gasteiger partial charge < -0.3 is 15.4 Å². The third-order valence-electron chi connectivity index (χ3n) is 3.36. The highest BCUT2D eigenvalue weighted by molar-refractivity contribution is 5.93. The van der Waals surface area contributed by atoms with Crippen LogP contribution in [0.5, 0.6) is 5.75 Å². The number of hydrogen-bond acceptors (Lipinski definition) is 3. The Balaban J connectivity index is 2.01. The first kappa shape index (κ1) is 15.1. The molecule has 1 aromatic carbocycles. The van der Waals surface area contributed by atoms with Crippen molar-refractivity contribution < 1.29 is 14.3 Å². The van der Waals surface area contributed by atoms with Crippen LogP contribution in [0.1, 0.15) is 26.2 Å². The van der Waals surface area contributed by atoms with E-state index in [9.17, 15) is 9.59 Å². The fourth-order valence-corrected chi connectivity index (χ4v) is 2.38. The largest absolute Gasteiger partial charge is 0.494 e. The molecule has 2 N–H and O–H groups in total. The molecule has 1 aliphatic carbocycles. The Bertz CT molecular complexity index is 567. The number of methoxy groups -OCH3 is 1. The monoisotopic (exact) mass is 288 g/mol. The molecule has 0 aliphatic heterocycles. The molecular weight excluding hydrogens is 268 g/mol. The maximum absolute atomic E-state index is 12.0. The lowest BCUT2D eigenvalue weighted by molar-refractivity contribution is -0.117. The molecule has 2 rings (SSSR count). The molecule has 112 valence electrons. The highest BCUT2D eigenvalue weighted by atomic mass is 16.5. The number of hydrogen-bond donors (Lipinski definition) is 2. The Morgan fingerprint density at radius 2 is 2.14 bits per heavy atom. The van der Waals surface area contributed by atoms with Gasteiger partial charge in [0.05, 0.1) is 12.8 Å². The summed E-state index contributed by atoms with van der Waals surface area (Å²) in [6, 6.07) is 5.16. The van der Waals surface area contributed by atoms with E-state index in [0.717, 1.165) is 12.8 Å². The van der Waals surface area contributed by atoms with Gasteiger partial charge in [0.15, 0.2) is 0 Å². The lowest BCUT2D eigenvalue weighted by Gasteiger charge is -2.12. The Labute approximate surface area is 124 Å². The van der Waals surface area contributed by atoms with Gasteiger partial charge in [-0.1, -0.05) is 12.2 Å². The number of nitrogens with one attached hydrogen (secondary N) is 2. The van der Waals surface area contributed by atoms with Crippen molar-refractivity contribution in [2.45, 2.75) is 26.2 Å². The SMILES string of the molecule is COc1cc(NC(=O)C[C@@H]2C=CCC2)ccc1NC(C)=O. The summed E-state index contributed by atoms with van der Waals surface area (Å²) in [6.07, 6.45) is 6.80. The van der Waals surface area contributed by atoms with Crippen LogP contribution in [-0.2, 0) is 9.59 Å². The van der Waals surface area contributed by atoms with Gasteiger partial charge in [-0.15, -0.1) is 0 Å². The summed E-state index contributed by atoms with van der Waals surface area (Å²) in [6.45, 7) is 1.43. The van der Waals surface area contributed by atoms with Gasteiger partial charge in [-0.25, -0.2) is 0 Å². The molecule has 0 saturated carbocycles. The molecule has 0 aromatic heterocycles. The molecule has 0 fully saturated rings. The second kappa shape index (κ2) is 6.92. The molecule has 5 nitrogen and oxygen atoms in total. The Morgan fingerprint density at radius 3 is 2.76 bits per heavy atom. The van der Waals surface area contributed by atoms with Crippen LogP contribution in [0.25, 0.3) is 0 Å². The number of carbonyl (C=O) groups excluding carboxylic acids is 2. The molecule has 0 unspecified atom stereocenters. The van der Waals surface area contributed by atoms with Crippen LogP contribution in [0.3, 0.4) is 0 Å². The van der Waals surface area contributed by atoms with E-state index in [0.29, 0.717) is 29.5 Å². The molecule has 1 atom stereocenters. The summed E-state index contributed by atoms with van der Waals surface area (Å²) in [5.41, 5.74) is 1.25. The smallest absolute Gasteiger partial charge is 0.224 e. The van der Waals surface area contributed by atoms with Crippen LogP contribution < -0.4 is 15.4 Å². The fourth-order valence-electron chi connectivity index (χ4n) is 2.38. The van der Waals surface area contributed by atoms with Gasteiger partial charge in [0.1, 0.15) is 5.75 Å². The van der Waals surface area contributed by atoms with Crippen LogP contribution in [0.15, 0.2) is 30.4 Å². The lowest BCUT2D eigenvalue weighted by atomic mass is 10.1. The van der Waals surface area contributed by atoms with Crippen molar-refractivity contribution >= 4 is 23.2 Å². The van der Waals surface area contributed by atoms with E-state index in [1.165, 1.54) is 14.0 Å². The summed E-state index contributed by atoms with van der Waals surface area (Å²) in [4.78, 5) is 23.1. The van der Waals surface area contributed by atoms with Crippen LogP contribution in [0, 0.1) is 5.92 Å². The zero-order valence-electron chi connectivity index (χ0n) is 12.3. The predicted molar refractivity (Wildman–Crippen MR) is 82.4 cm³/mol. The van der Waals surface area contributed by atoms with Crippen molar-refractivity contribution in [3.63, 3.8) is 0 Å². The van der Waals surface area contributed by atoms with E-state index in [4.69, 9.17) is 4.74 Å². The third kappa shape index (κ3) is 4.34. The minimum Gasteiger partial charge on any atom is -0.494 e. The number of amides is 2. The number of rotatable bonds is 5. The fraction of sp³-hybridized carbons (Fsp3) is 0.375. The van der Waals surface area contributed by atoms with Gasteiger partial charge in [0.25, 0.3) is 0 Å². The normalized spacial score (nSPS) is 16.6. The average molecular weight is 288 g/mol. The van der Waals surface area contributed by atoms with Crippen molar-refractivity contribution in [2.75, 3.05) is 17.7 Å². The maximum Gasteiger partial charge on any atom is 0.224 e. The first-order valence-electron chi connectivity index (χ1n) is 7.00. The molecule has 2 amide bonds. The van der Waals surface area contributed by atoms with Crippen LogP contribution >= 0.6 is 0 Å². The molecule has 0 saturated heterocycles. The molecule has 1 aliphatic rings. The molecule has 1 aromatic rings. The molecule has 5 heteroatoms. The third-order valence-corrected chi connectivity index (χ3v) is 3.36. The van der Waals surface area contributed by atoms with Crippen molar-refractivity contribution in [3.8, 4) is 5.75 Å². The number of allylic oxidation sites excluding steroid dienone is 2. The molecule has 0 radical (unpaired) electrons. The first-order chi connectivity index (χ1) is 10.1. The van der Waals surface area contributed by atoms with Gasteiger partial charge in [-0.3, -0.25) is 9.59 Å². The molecule has 0 heterocycles. The second-order valence-corrected chi connectivity index (χ2v) is 5.11. The number of carbonyl (C=O) groups is 2. The van der Waals surface area contributed by atoms with Crippen molar-refractivity contribution in [2.24, 2.45) is 5.92 Å². The van der Waals surface area contributed by atoms with E-state index in [2.05, 4.69) is 22.8 Å². The zero-order valence-corrected chi connectivity index (χ0v) is 12.3. The molecule has 21 heavy (non-hydrogen) atoms. The lowest BCUT2D eigenvalue weighted by Crippen LogP contribution is -2.15. The van der Waals surface area contributed by atoms with E-state index >= 15 is 0 Å². The minimum atomic E-state index is -0.168. The quantitative estimate of drug-likeness (QED) is 0.819. The summed E-state index contributed by atoms with van der Waals surface area (Å²) in [7, 11) is 1.52. The van der Waals surface area contributed by atoms with Crippen molar-refractivity contribution in [3.05, 3.63) is 30.4 Å². The van der Waals surface area contributed by atoms with Crippen LogP contribution in [0.2, 0.25) is 0 Å². The van der Waals surface area contributed by atoms with Gasteiger partial charge >= 0.3 is 0 Å². The number of benzene rings is 1. The zero-order chi connectivity index (χ0) is 15.2. The Kier molecular flexibility index (Phi) is 4.98. The van der Waals surface area contributed by atoms with Crippen LogP contribution in [-0.4, -0.2) is 18.9 Å². The summed E-state index contributed by atoms with van der Waals surface area (Å²) in [5, 5.41) is 5.54. The van der Waals surface area contributed by atoms with E-state index < -0.39 is 0 Å². The van der Waals surface area contributed by atoms with E-state index in [1.807, 2.05) is 0 Å². The predicted octanol–water partition coefficient (Wildman–Crippen LogP) is 2.95. The van der Waals surface area contributed by atoms with Gasteiger partial charge in [0, 0.05) is 25.1 Å². The highest BCUT2D eigenvalue weighted by Gasteiger charge is 2.14. The van der Waals surface area contributed by atoms with E-state index in [1.54, 1.807) is 18.2 Å². The standard InChI is InChI=1S/C16H20N2O3/c1-11(19)17-14-8-7-13(10-15(14)21-2)18-16(20)9-12-5-3-4-6-12/h3,5,7-8,10,12H,4,6,9H2,1-2H3,(H,17,19)(H,18,20)/t12-/m1/s1. The van der Waals surface area contributed by atoms with Gasteiger partial charge in [-0.05, 0) is 30.9 Å². The summed E-state index contributed by atoms with van der Waals surface area (Å²) >= 11 is 0. The highest BCUT2D eigenvalue weighted by Crippen LogP contribution is 2.28. The summed E-state index contributed by atoms with van der Waals surface area (Å²) in [5.74, 6) is 0.674. The number of ether oxygens (including phenoxy) is 1. The van der Waals surface area contributed by atoms with Crippen molar-refractivity contribution in [1.29, 1.82) is 0 Å². The molecule has 0 spiro atoms.